The summed E-state index contributed by atoms with van der Waals surface area (Å²) in [4.78, 5) is 11.7. The molecule has 1 aromatic carbocycles. The van der Waals surface area contributed by atoms with Gasteiger partial charge in [0.2, 0.25) is 5.91 Å². The molecule has 0 saturated carbocycles. The Kier molecular flexibility index (Phi) is 4.89. The zero-order valence-corrected chi connectivity index (χ0v) is 10.8. The van der Waals surface area contributed by atoms with E-state index in [0.717, 1.165) is 0 Å². The lowest BCUT2D eigenvalue weighted by molar-refractivity contribution is -0.119. The van der Waals surface area contributed by atoms with Gasteiger partial charge in [-0.3, -0.25) is 4.79 Å². The standard InChI is InChI=1S/C11H14BrFN2O/c1-7(6-14-2)11(16)15-10-5-8(13)3-4-9(10)12/h3-5,7,14H,6H2,1-2H3,(H,15,16). The zero-order valence-electron chi connectivity index (χ0n) is 9.18. The molecule has 1 unspecified atom stereocenters. The van der Waals surface area contributed by atoms with Crippen LogP contribution in [0.25, 0.3) is 0 Å². The first kappa shape index (κ1) is 13.1. The molecule has 0 fully saturated rings. The van der Waals surface area contributed by atoms with Crippen LogP contribution in [0.5, 0.6) is 0 Å². The number of amides is 1. The number of nitrogens with one attached hydrogen (secondary N) is 2. The topological polar surface area (TPSA) is 41.1 Å². The first-order valence-electron chi connectivity index (χ1n) is 4.95. The summed E-state index contributed by atoms with van der Waals surface area (Å²) in [6.45, 7) is 2.39. The Morgan fingerprint density at radius 2 is 2.25 bits per heavy atom. The van der Waals surface area contributed by atoms with Gasteiger partial charge in [-0.05, 0) is 41.2 Å². The monoisotopic (exact) mass is 288 g/mol. The fraction of sp³-hybridized carbons (Fsp3) is 0.364. The van der Waals surface area contributed by atoms with Crippen LogP contribution in [0.3, 0.4) is 0 Å². The Morgan fingerprint density at radius 1 is 1.56 bits per heavy atom. The van der Waals surface area contributed by atoms with Crippen LogP contribution in [0.2, 0.25) is 0 Å². The number of halogens is 2. The van der Waals surface area contributed by atoms with E-state index < -0.39 is 0 Å². The predicted molar refractivity (Wildman–Crippen MR) is 65.8 cm³/mol. The Balaban J connectivity index is 2.72. The fourth-order valence-electron chi connectivity index (χ4n) is 1.25. The first-order valence-corrected chi connectivity index (χ1v) is 5.74. The van der Waals surface area contributed by atoms with Gasteiger partial charge in [0.05, 0.1) is 5.69 Å². The molecule has 1 rings (SSSR count). The summed E-state index contributed by atoms with van der Waals surface area (Å²) >= 11 is 3.25. The number of hydrogen-bond acceptors (Lipinski definition) is 2. The minimum Gasteiger partial charge on any atom is -0.325 e. The molecule has 5 heteroatoms. The second-order valence-electron chi connectivity index (χ2n) is 3.57. The second-order valence-corrected chi connectivity index (χ2v) is 4.43. The van der Waals surface area contributed by atoms with E-state index in [9.17, 15) is 9.18 Å². The van der Waals surface area contributed by atoms with E-state index in [2.05, 4.69) is 26.6 Å². The van der Waals surface area contributed by atoms with Crippen molar-refractivity contribution in [3.63, 3.8) is 0 Å². The Hall–Kier alpha value is -0.940. The van der Waals surface area contributed by atoms with Crippen molar-refractivity contribution in [3.8, 4) is 0 Å². The van der Waals surface area contributed by atoms with Crippen molar-refractivity contribution >= 4 is 27.5 Å². The summed E-state index contributed by atoms with van der Waals surface area (Å²) in [7, 11) is 1.78. The molecule has 3 nitrogen and oxygen atoms in total. The lowest BCUT2D eigenvalue weighted by Crippen LogP contribution is -2.28. The van der Waals surface area contributed by atoms with Crippen LogP contribution >= 0.6 is 15.9 Å². The number of carbonyl (C=O) groups is 1. The highest BCUT2D eigenvalue weighted by Gasteiger charge is 2.13. The summed E-state index contributed by atoms with van der Waals surface area (Å²) in [5, 5.41) is 5.58. The van der Waals surface area contributed by atoms with Crippen LogP contribution in [0.1, 0.15) is 6.92 Å². The van der Waals surface area contributed by atoms with Gasteiger partial charge in [0.25, 0.3) is 0 Å². The maximum Gasteiger partial charge on any atom is 0.228 e. The molecule has 0 aliphatic heterocycles. The summed E-state index contributed by atoms with van der Waals surface area (Å²) in [6, 6.07) is 4.18. The zero-order chi connectivity index (χ0) is 12.1. The molecule has 0 radical (unpaired) electrons. The van der Waals surface area contributed by atoms with Crippen molar-refractivity contribution in [2.24, 2.45) is 5.92 Å². The molecule has 0 aliphatic rings. The van der Waals surface area contributed by atoms with Crippen LogP contribution in [-0.4, -0.2) is 19.5 Å². The molecule has 0 saturated heterocycles. The molecule has 1 amide bonds. The predicted octanol–water partition coefficient (Wildman–Crippen LogP) is 2.38. The average Bonchev–Trinajstić information content (AvgIpc) is 2.23. The normalized spacial score (nSPS) is 12.2. The Bertz CT molecular complexity index is 384. The second kappa shape index (κ2) is 5.96. The summed E-state index contributed by atoms with van der Waals surface area (Å²) in [5.74, 6) is -0.680. The van der Waals surface area contributed by atoms with Crippen LogP contribution in [-0.2, 0) is 4.79 Å². The molecule has 0 heterocycles. The van der Waals surface area contributed by atoms with E-state index in [0.29, 0.717) is 16.7 Å². The third-order valence-electron chi connectivity index (χ3n) is 2.14. The van der Waals surface area contributed by atoms with Gasteiger partial charge in [0.15, 0.2) is 0 Å². The third kappa shape index (κ3) is 3.57. The highest BCUT2D eigenvalue weighted by atomic mass is 79.9. The van der Waals surface area contributed by atoms with Gasteiger partial charge in [0, 0.05) is 16.9 Å². The highest BCUT2D eigenvalue weighted by Crippen LogP contribution is 2.23. The fourth-order valence-corrected chi connectivity index (χ4v) is 1.59. The van der Waals surface area contributed by atoms with Crippen molar-refractivity contribution in [1.29, 1.82) is 0 Å². The summed E-state index contributed by atoms with van der Waals surface area (Å²) < 4.78 is 13.6. The van der Waals surface area contributed by atoms with Crippen LogP contribution in [0, 0.1) is 11.7 Å². The van der Waals surface area contributed by atoms with Gasteiger partial charge in [-0.25, -0.2) is 4.39 Å². The Labute approximate surface area is 103 Å². The maximum absolute atomic E-state index is 13.0. The van der Waals surface area contributed by atoms with Crippen LogP contribution in [0.4, 0.5) is 10.1 Å². The first-order chi connectivity index (χ1) is 7.54. The number of carbonyl (C=O) groups excluding carboxylic acids is 1. The van der Waals surface area contributed by atoms with Crippen LogP contribution < -0.4 is 10.6 Å². The van der Waals surface area contributed by atoms with Gasteiger partial charge in [-0.15, -0.1) is 0 Å². The molecular weight excluding hydrogens is 275 g/mol. The van der Waals surface area contributed by atoms with Crippen LogP contribution in [0.15, 0.2) is 22.7 Å². The molecule has 0 aromatic heterocycles. The average molecular weight is 289 g/mol. The van der Waals surface area contributed by atoms with Gasteiger partial charge in [-0.1, -0.05) is 6.92 Å². The van der Waals surface area contributed by atoms with Gasteiger partial charge >= 0.3 is 0 Å². The SMILES string of the molecule is CNCC(C)C(=O)Nc1cc(F)ccc1Br. The quantitative estimate of drug-likeness (QED) is 0.893. The van der Waals surface area contributed by atoms with E-state index in [4.69, 9.17) is 0 Å². The molecule has 1 atom stereocenters. The van der Waals surface area contributed by atoms with Crippen molar-refractivity contribution in [2.45, 2.75) is 6.92 Å². The third-order valence-corrected chi connectivity index (χ3v) is 2.84. The van der Waals surface area contributed by atoms with E-state index in [1.165, 1.54) is 12.1 Å². The van der Waals surface area contributed by atoms with E-state index in [1.807, 2.05) is 0 Å². The van der Waals surface area contributed by atoms with Crippen molar-refractivity contribution in [2.75, 3.05) is 18.9 Å². The van der Waals surface area contributed by atoms with Gasteiger partial charge in [0.1, 0.15) is 5.82 Å². The number of hydrogen-bond donors (Lipinski definition) is 2. The minimum atomic E-state index is -0.375. The molecule has 2 N–H and O–H groups in total. The van der Waals surface area contributed by atoms with Crippen molar-refractivity contribution < 1.29 is 9.18 Å². The molecule has 1 aromatic rings. The summed E-state index contributed by atoms with van der Waals surface area (Å²) in [5.41, 5.74) is 0.452. The largest absolute Gasteiger partial charge is 0.325 e. The van der Waals surface area contributed by atoms with Gasteiger partial charge in [-0.2, -0.15) is 0 Å². The molecule has 16 heavy (non-hydrogen) atoms. The lowest BCUT2D eigenvalue weighted by atomic mass is 10.1. The van der Waals surface area contributed by atoms with E-state index >= 15 is 0 Å². The molecule has 0 spiro atoms. The molecule has 0 bridgehead atoms. The minimum absolute atomic E-state index is 0.138. The van der Waals surface area contributed by atoms with Crippen molar-refractivity contribution in [3.05, 3.63) is 28.5 Å². The number of benzene rings is 1. The van der Waals surface area contributed by atoms with Crippen molar-refractivity contribution in [1.82, 2.24) is 5.32 Å². The lowest BCUT2D eigenvalue weighted by Gasteiger charge is -2.12. The van der Waals surface area contributed by atoms with E-state index in [1.54, 1.807) is 20.0 Å². The highest BCUT2D eigenvalue weighted by molar-refractivity contribution is 9.10. The smallest absolute Gasteiger partial charge is 0.228 e. The molecule has 0 aliphatic carbocycles. The maximum atomic E-state index is 13.0. The number of anilines is 1. The summed E-state index contributed by atoms with van der Waals surface area (Å²) in [6.07, 6.45) is 0. The van der Waals surface area contributed by atoms with Gasteiger partial charge < -0.3 is 10.6 Å². The molecule has 88 valence electrons. The Morgan fingerprint density at radius 3 is 2.88 bits per heavy atom. The van der Waals surface area contributed by atoms with E-state index in [-0.39, 0.29) is 17.6 Å². The molecular formula is C11H14BrFN2O. The number of rotatable bonds is 4.